The van der Waals surface area contributed by atoms with Crippen molar-refractivity contribution in [2.24, 2.45) is 0 Å². The largest absolute Gasteiger partial charge is 0.472 e. The molecular formula is C60H105O11P. The van der Waals surface area contributed by atoms with E-state index in [9.17, 15) is 28.9 Å². The van der Waals surface area contributed by atoms with E-state index in [1.165, 1.54) is 96.3 Å². The second-order valence-corrected chi connectivity index (χ2v) is 20.5. The van der Waals surface area contributed by atoms with Crippen molar-refractivity contribution in [3.8, 4) is 0 Å². The zero-order chi connectivity index (χ0) is 52.7. The van der Waals surface area contributed by atoms with Gasteiger partial charge in [0, 0.05) is 19.3 Å². The molecule has 0 aliphatic carbocycles. The van der Waals surface area contributed by atoms with Gasteiger partial charge in [0.2, 0.25) is 0 Å². The zero-order valence-corrected chi connectivity index (χ0v) is 46.8. The molecule has 0 aliphatic rings. The third kappa shape index (κ3) is 51.8. The maximum atomic E-state index is 12.9. The molecule has 11 nitrogen and oxygen atoms in total. The van der Waals surface area contributed by atoms with Gasteiger partial charge in [-0.2, -0.15) is 0 Å². The predicted molar refractivity (Wildman–Crippen MR) is 298 cm³/mol. The van der Waals surface area contributed by atoms with Crippen LogP contribution in [0.25, 0.3) is 0 Å². The van der Waals surface area contributed by atoms with Crippen LogP contribution in [0.2, 0.25) is 0 Å². The molecule has 0 radical (unpaired) electrons. The van der Waals surface area contributed by atoms with E-state index in [0.717, 1.165) is 96.3 Å². The Balaban J connectivity index is 4.79. The number of aliphatic hydroxyl groups is 1. The van der Waals surface area contributed by atoms with E-state index in [0.29, 0.717) is 19.3 Å². The van der Waals surface area contributed by atoms with E-state index in [2.05, 4.69) is 93.7 Å². The fourth-order valence-corrected chi connectivity index (χ4v) is 8.51. The van der Waals surface area contributed by atoms with Crippen LogP contribution in [0.15, 0.2) is 72.9 Å². The van der Waals surface area contributed by atoms with Gasteiger partial charge in [-0.3, -0.25) is 23.4 Å². The summed E-state index contributed by atoms with van der Waals surface area (Å²) in [7, 11) is -4.76. The van der Waals surface area contributed by atoms with Crippen LogP contribution in [0.4, 0.5) is 0 Å². The van der Waals surface area contributed by atoms with Gasteiger partial charge in [-0.05, 0) is 89.9 Å². The number of phosphoric ester groups is 1. The number of rotatable bonds is 53. The monoisotopic (exact) mass is 1030 g/mol. The molecule has 3 unspecified atom stereocenters. The number of carbonyl (C=O) groups is 3. The van der Waals surface area contributed by atoms with Gasteiger partial charge in [0.05, 0.1) is 19.8 Å². The maximum Gasteiger partial charge on any atom is 0.472 e. The molecule has 0 aromatic carbocycles. The lowest BCUT2D eigenvalue weighted by molar-refractivity contribution is -0.161. The molecule has 3 atom stereocenters. The van der Waals surface area contributed by atoms with Crippen LogP contribution in [0.3, 0.4) is 0 Å². The number of hydrogen-bond donors (Lipinski definition) is 2. The van der Waals surface area contributed by atoms with Crippen molar-refractivity contribution in [1.29, 1.82) is 0 Å². The van der Waals surface area contributed by atoms with Gasteiger partial charge in [-0.15, -0.1) is 0 Å². The van der Waals surface area contributed by atoms with Crippen LogP contribution >= 0.6 is 7.82 Å². The van der Waals surface area contributed by atoms with E-state index < -0.39 is 57.8 Å². The number of hydrogen-bond acceptors (Lipinski definition) is 10. The number of esters is 3. The zero-order valence-electron chi connectivity index (χ0n) is 45.9. The Morgan fingerprint density at radius 1 is 0.403 bits per heavy atom. The Labute approximate surface area is 439 Å². The molecule has 0 saturated carbocycles. The van der Waals surface area contributed by atoms with Gasteiger partial charge in [0.1, 0.15) is 12.7 Å². The van der Waals surface area contributed by atoms with E-state index in [-0.39, 0.29) is 25.9 Å². The van der Waals surface area contributed by atoms with Gasteiger partial charge in [0.25, 0.3) is 0 Å². The standard InChI is InChI=1S/C60H105O11P/c1-4-7-10-13-16-19-22-25-27-28-30-33-36-39-42-45-48-51-60(64)71-57(53-67-58(62)49-46-43-40-37-34-32-29-26-23-20-17-14-11-8-5-2)55-69-72(65,66)68-54-56(52-61)70-59(63)50-47-44-41-38-35-31-24-21-18-15-12-9-6-3/h8,11,16-17,19-20,25-27,29,34,37,56-57,61H,4-7,9-10,12-15,18,21-24,28,30-33,35-36,38-55H2,1-3H3,(H,65,66)/b11-8-,19-16-,20-17-,27-25-,29-26-,37-34-. The molecule has 416 valence electrons. The highest BCUT2D eigenvalue weighted by Gasteiger charge is 2.28. The van der Waals surface area contributed by atoms with Gasteiger partial charge in [0.15, 0.2) is 6.10 Å². The predicted octanol–water partition coefficient (Wildman–Crippen LogP) is 16.9. The number of ether oxygens (including phenoxy) is 3. The minimum Gasteiger partial charge on any atom is -0.462 e. The molecular weight excluding hydrogens is 928 g/mol. The SMILES string of the molecule is CC/C=C\C/C=C\C/C=C\C/C=C\CCCCC(=O)OCC(COP(=O)(O)OCC(CO)OC(=O)CCCCCCCCCCCCCCC)OC(=O)CCCCCCCCC/C=C\C/C=C\CCCCC. The van der Waals surface area contributed by atoms with Crippen molar-refractivity contribution in [3.05, 3.63) is 72.9 Å². The van der Waals surface area contributed by atoms with Crippen LogP contribution in [0.5, 0.6) is 0 Å². The van der Waals surface area contributed by atoms with E-state index in [1.807, 2.05) is 0 Å². The van der Waals surface area contributed by atoms with Crippen molar-refractivity contribution in [2.45, 2.75) is 264 Å². The molecule has 0 bridgehead atoms. The first-order valence-corrected chi connectivity index (χ1v) is 30.3. The topological polar surface area (TPSA) is 155 Å². The molecule has 2 N–H and O–H groups in total. The molecule has 0 amide bonds. The number of phosphoric acid groups is 1. The van der Waals surface area contributed by atoms with Crippen LogP contribution < -0.4 is 0 Å². The third-order valence-electron chi connectivity index (χ3n) is 12.1. The van der Waals surface area contributed by atoms with Crippen LogP contribution in [-0.4, -0.2) is 66.5 Å². The quantitative estimate of drug-likeness (QED) is 0.0197. The summed E-state index contributed by atoms with van der Waals surface area (Å²) in [5.74, 6) is -1.52. The second kappa shape index (κ2) is 54.2. The summed E-state index contributed by atoms with van der Waals surface area (Å²) in [5.41, 5.74) is 0. The molecule has 0 spiro atoms. The summed E-state index contributed by atoms with van der Waals surface area (Å²) in [5, 5.41) is 9.81. The van der Waals surface area contributed by atoms with Crippen molar-refractivity contribution >= 4 is 25.7 Å². The lowest BCUT2D eigenvalue weighted by Crippen LogP contribution is -2.30. The smallest absolute Gasteiger partial charge is 0.462 e. The molecule has 12 heteroatoms. The van der Waals surface area contributed by atoms with Crippen molar-refractivity contribution < 1.29 is 52.2 Å². The van der Waals surface area contributed by atoms with Crippen LogP contribution in [0, 0.1) is 0 Å². The lowest BCUT2D eigenvalue weighted by Gasteiger charge is -2.21. The maximum absolute atomic E-state index is 12.9. The first-order chi connectivity index (χ1) is 35.2. The minimum atomic E-state index is -4.76. The second-order valence-electron chi connectivity index (χ2n) is 19.1. The first kappa shape index (κ1) is 68.9. The highest BCUT2D eigenvalue weighted by atomic mass is 31.2. The first-order valence-electron chi connectivity index (χ1n) is 28.8. The third-order valence-corrected chi connectivity index (χ3v) is 13.1. The van der Waals surface area contributed by atoms with Crippen molar-refractivity contribution in [1.82, 2.24) is 0 Å². The Morgan fingerprint density at radius 3 is 1.17 bits per heavy atom. The summed E-state index contributed by atoms with van der Waals surface area (Å²) >= 11 is 0. The summed E-state index contributed by atoms with van der Waals surface area (Å²) in [6.45, 7) is 4.46. The van der Waals surface area contributed by atoms with E-state index >= 15 is 0 Å². The Kier molecular flexibility index (Phi) is 51.9. The molecule has 0 aromatic rings. The van der Waals surface area contributed by atoms with Gasteiger partial charge < -0.3 is 24.2 Å². The average Bonchev–Trinajstić information content (AvgIpc) is 3.37. The molecule has 0 heterocycles. The summed E-state index contributed by atoms with van der Waals surface area (Å²) in [6.07, 6.45) is 60.0. The van der Waals surface area contributed by atoms with E-state index in [1.54, 1.807) is 0 Å². The Bertz CT molecular complexity index is 1490. The van der Waals surface area contributed by atoms with Gasteiger partial charge in [-0.1, -0.05) is 216 Å². The Morgan fingerprint density at radius 2 is 0.722 bits per heavy atom. The fraction of sp³-hybridized carbons (Fsp3) is 0.750. The lowest BCUT2D eigenvalue weighted by atomic mass is 10.0. The van der Waals surface area contributed by atoms with Gasteiger partial charge >= 0.3 is 25.7 Å². The summed E-state index contributed by atoms with van der Waals surface area (Å²) < 4.78 is 39.5. The molecule has 0 aliphatic heterocycles. The normalized spacial score (nSPS) is 13.9. The summed E-state index contributed by atoms with van der Waals surface area (Å²) in [6, 6.07) is 0. The van der Waals surface area contributed by atoms with Gasteiger partial charge in [-0.25, -0.2) is 4.57 Å². The minimum absolute atomic E-state index is 0.149. The Hall–Kier alpha value is -3.08. The van der Waals surface area contributed by atoms with E-state index in [4.69, 9.17) is 23.3 Å². The molecule has 0 saturated heterocycles. The van der Waals surface area contributed by atoms with Crippen LogP contribution in [0.1, 0.15) is 252 Å². The number of allylic oxidation sites excluding steroid dienone is 12. The van der Waals surface area contributed by atoms with Crippen molar-refractivity contribution in [3.63, 3.8) is 0 Å². The number of unbranched alkanes of at least 4 members (excludes halogenated alkanes) is 24. The van der Waals surface area contributed by atoms with Crippen molar-refractivity contribution in [2.75, 3.05) is 26.4 Å². The number of carbonyl (C=O) groups excluding carboxylic acids is 3. The fourth-order valence-electron chi connectivity index (χ4n) is 7.73. The average molecular weight is 1030 g/mol. The number of aliphatic hydroxyl groups excluding tert-OH is 1. The summed E-state index contributed by atoms with van der Waals surface area (Å²) in [4.78, 5) is 48.5. The highest BCUT2D eigenvalue weighted by molar-refractivity contribution is 7.47. The highest BCUT2D eigenvalue weighted by Crippen LogP contribution is 2.43. The molecule has 0 rings (SSSR count). The van der Waals surface area contributed by atoms with Crippen LogP contribution in [-0.2, 0) is 42.2 Å². The molecule has 0 fully saturated rings. The molecule has 72 heavy (non-hydrogen) atoms. The molecule has 0 aromatic heterocycles.